The van der Waals surface area contributed by atoms with Crippen LogP contribution in [0.1, 0.15) is 48.1 Å². The summed E-state index contributed by atoms with van der Waals surface area (Å²) in [7, 11) is 0. The van der Waals surface area contributed by atoms with Crippen molar-refractivity contribution in [2.24, 2.45) is 11.7 Å². The van der Waals surface area contributed by atoms with Crippen molar-refractivity contribution >= 4 is 17.3 Å². The first-order chi connectivity index (χ1) is 18.0. The standard InChI is InChI=1S/C27H28F3N5O3/c1-13-11-35(12-21(31)27(13,2)38)25-14-6-9-20(36)23(14)32-10-19(25)34-26(37)18-8-7-17(30)24(33-18)22-15(28)4-3-5-16(22)29/h3-5,7-8,10,13,20-21,36,38H,6,9,11-12,31H2,1-2H3,(H,34,37)/t13-,20+,21+,27-/m0/s1. The highest BCUT2D eigenvalue weighted by molar-refractivity contribution is 6.05. The summed E-state index contributed by atoms with van der Waals surface area (Å²) in [5.41, 5.74) is 5.87. The minimum absolute atomic E-state index is 0.207. The lowest BCUT2D eigenvalue weighted by Gasteiger charge is -2.47. The van der Waals surface area contributed by atoms with E-state index >= 15 is 0 Å². The van der Waals surface area contributed by atoms with Gasteiger partial charge in [-0.1, -0.05) is 13.0 Å². The maximum atomic E-state index is 14.5. The van der Waals surface area contributed by atoms with Crippen molar-refractivity contribution < 1.29 is 28.2 Å². The van der Waals surface area contributed by atoms with Gasteiger partial charge < -0.3 is 26.2 Å². The fourth-order valence-electron chi connectivity index (χ4n) is 5.18. The quantitative estimate of drug-likeness (QED) is 0.410. The number of hydrogen-bond donors (Lipinski definition) is 4. The van der Waals surface area contributed by atoms with Crippen LogP contribution in [0.25, 0.3) is 11.3 Å². The number of hydrogen-bond acceptors (Lipinski definition) is 7. The lowest BCUT2D eigenvalue weighted by atomic mass is 9.80. The number of pyridine rings is 2. The summed E-state index contributed by atoms with van der Waals surface area (Å²) in [5.74, 6) is -3.95. The number of nitrogens with zero attached hydrogens (tertiary/aromatic N) is 3. The zero-order valence-corrected chi connectivity index (χ0v) is 20.9. The molecule has 200 valence electrons. The number of nitrogens with two attached hydrogens (primary N) is 1. The summed E-state index contributed by atoms with van der Waals surface area (Å²) in [6, 6.07) is 4.56. The molecule has 0 unspecified atom stereocenters. The van der Waals surface area contributed by atoms with Crippen molar-refractivity contribution in [1.82, 2.24) is 9.97 Å². The van der Waals surface area contributed by atoms with Gasteiger partial charge in [-0.05, 0) is 44.0 Å². The zero-order valence-electron chi connectivity index (χ0n) is 20.9. The van der Waals surface area contributed by atoms with Gasteiger partial charge in [0.25, 0.3) is 5.91 Å². The SMILES string of the molecule is C[C@H]1CN(c2c(NC(=O)c3ccc(F)c(-c4c(F)cccc4F)n3)cnc3c2CC[C@H]3O)C[C@@H](N)[C@@]1(C)O. The number of carbonyl (C=O) groups excluding carboxylic acids is 1. The van der Waals surface area contributed by atoms with Gasteiger partial charge in [-0.15, -0.1) is 0 Å². The summed E-state index contributed by atoms with van der Waals surface area (Å²) < 4.78 is 43.2. The van der Waals surface area contributed by atoms with E-state index < -0.39 is 52.4 Å². The summed E-state index contributed by atoms with van der Waals surface area (Å²) in [6.07, 6.45) is 1.66. The van der Waals surface area contributed by atoms with Gasteiger partial charge in [0.1, 0.15) is 28.8 Å². The molecule has 38 heavy (non-hydrogen) atoms. The van der Waals surface area contributed by atoms with Gasteiger partial charge >= 0.3 is 0 Å². The van der Waals surface area contributed by atoms with Crippen molar-refractivity contribution in [3.8, 4) is 11.3 Å². The highest BCUT2D eigenvalue weighted by atomic mass is 19.1. The Hall–Kier alpha value is -3.54. The second kappa shape index (κ2) is 9.64. The summed E-state index contributed by atoms with van der Waals surface area (Å²) >= 11 is 0. The van der Waals surface area contributed by atoms with E-state index in [1.54, 1.807) is 6.92 Å². The number of rotatable bonds is 4. The van der Waals surface area contributed by atoms with E-state index in [4.69, 9.17) is 5.73 Å². The Balaban J connectivity index is 1.52. The Labute approximate surface area is 217 Å². The van der Waals surface area contributed by atoms with Gasteiger partial charge in [0.15, 0.2) is 0 Å². The van der Waals surface area contributed by atoms with Crippen LogP contribution in [0.3, 0.4) is 0 Å². The molecule has 5 N–H and O–H groups in total. The molecule has 1 amide bonds. The minimum Gasteiger partial charge on any atom is -0.388 e. The highest BCUT2D eigenvalue weighted by Gasteiger charge is 2.43. The molecular formula is C27H28F3N5O3. The van der Waals surface area contributed by atoms with E-state index in [0.717, 1.165) is 35.9 Å². The van der Waals surface area contributed by atoms with E-state index in [2.05, 4.69) is 15.3 Å². The van der Waals surface area contributed by atoms with Crippen molar-refractivity contribution in [3.63, 3.8) is 0 Å². The van der Waals surface area contributed by atoms with Crippen LogP contribution in [0.2, 0.25) is 0 Å². The number of amides is 1. The van der Waals surface area contributed by atoms with Crippen molar-refractivity contribution in [3.05, 3.63) is 70.9 Å². The normalized spacial score (nSPS) is 24.8. The van der Waals surface area contributed by atoms with Gasteiger partial charge in [-0.3, -0.25) is 9.78 Å². The van der Waals surface area contributed by atoms with Crippen LogP contribution in [0.4, 0.5) is 24.5 Å². The number of halogens is 3. The van der Waals surface area contributed by atoms with E-state index in [9.17, 15) is 28.2 Å². The Bertz CT molecular complexity index is 1380. The molecule has 1 aromatic carbocycles. The molecular weight excluding hydrogens is 499 g/mol. The average Bonchev–Trinajstić information content (AvgIpc) is 3.24. The molecule has 0 saturated carbocycles. The average molecular weight is 528 g/mol. The molecule has 5 rings (SSSR count). The maximum Gasteiger partial charge on any atom is 0.274 e. The molecule has 1 aliphatic carbocycles. The first-order valence-electron chi connectivity index (χ1n) is 12.3. The third kappa shape index (κ3) is 4.40. The third-order valence-electron chi connectivity index (χ3n) is 7.67. The first-order valence-corrected chi connectivity index (χ1v) is 12.3. The number of aliphatic hydroxyl groups is 2. The Morgan fingerprint density at radius 1 is 1.16 bits per heavy atom. The maximum absolute atomic E-state index is 14.5. The Kier molecular flexibility index (Phi) is 6.62. The molecule has 3 heterocycles. The molecule has 1 fully saturated rings. The van der Waals surface area contributed by atoms with Crippen LogP contribution in [-0.4, -0.2) is 50.8 Å². The van der Waals surface area contributed by atoms with Crippen LogP contribution in [0.5, 0.6) is 0 Å². The Morgan fingerprint density at radius 2 is 1.87 bits per heavy atom. The lowest BCUT2D eigenvalue weighted by molar-refractivity contribution is -0.0258. The van der Waals surface area contributed by atoms with Crippen LogP contribution in [0, 0.1) is 23.4 Å². The second-order valence-electron chi connectivity index (χ2n) is 10.2. The molecule has 1 saturated heterocycles. The zero-order chi connectivity index (χ0) is 27.4. The molecule has 0 spiro atoms. The number of fused-ring (bicyclic) bond motifs is 1. The largest absolute Gasteiger partial charge is 0.388 e. The smallest absolute Gasteiger partial charge is 0.274 e. The van der Waals surface area contributed by atoms with Crippen LogP contribution < -0.4 is 16.0 Å². The predicted octanol–water partition coefficient (Wildman–Crippen LogP) is 3.33. The van der Waals surface area contributed by atoms with E-state index in [-0.39, 0.29) is 18.2 Å². The van der Waals surface area contributed by atoms with Crippen molar-refractivity contribution in [2.45, 2.75) is 44.4 Å². The molecule has 0 radical (unpaired) electrons. The number of nitrogens with one attached hydrogen (secondary N) is 1. The van der Waals surface area contributed by atoms with Gasteiger partial charge in [-0.25, -0.2) is 18.2 Å². The fraction of sp³-hybridized carbons (Fsp3) is 0.370. The van der Waals surface area contributed by atoms with E-state index in [1.165, 1.54) is 6.20 Å². The Morgan fingerprint density at radius 3 is 2.55 bits per heavy atom. The number of aliphatic hydroxyl groups excluding tert-OH is 1. The minimum atomic E-state index is -1.09. The molecule has 3 aromatic rings. The topological polar surface area (TPSA) is 125 Å². The molecule has 4 atom stereocenters. The van der Waals surface area contributed by atoms with Crippen LogP contribution >= 0.6 is 0 Å². The predicted molar refractivity (Wildman–Crippen MR) is 135 cm³/mol. The monoisotopic (exact) mass is 527 g/mol. The summed E-state index contributed by atoms with van der Waals surface area (Å²) in [4.78, 5) is 23.5. The first kappa shape index (κ1) is 26.1. The van der Waals surface area contributed by atoms with E-state index in [0.29, 0.717) is 36.5 Å². The number of aromatic nitrogens is 2. The molecule has 8 nitrogen and oxygen atoms in total. The number of carbonyl (C=O) groups is 1. The molecule has 11 heteroatoms. The molecule has 0 bridgehead atoms. The number of anilines is 2. The van der Waals surface area contributed by atoms with Crippen molar-refractivity contribution in [1.29, 1.82) is 0 Å². The highest BCUT2D eigenvalue weighted by Crippen LogP contribution is 2.42. The molecule has 1 aliphatic heterocycles. The summed E-state index contributed by atoms with van der Waals surface area (Å²) in [6.45, 7) is 4.30. The molecule has 2 aliphatic rings. The van der Waals surface area contributed by atoms with Crippen LogP contribution in [-0.2, 0) is 6.42 Å². The number of benzene rings is 1. The van der Waals surface area contributed by atoms with Gasteiger partial charge in [0.05, 0.1) is 46.6 Å². The van der Waals surface area contributed by atoms with Gasteiger partial charge in [-0.2, -0.15) is 0 Å². The van der Waals surface area contributed by atoms with E-state index in [1.807, 2.05) is 11.8 Å². The fourth-order valence-corrected chi connectivity index (χ4v) is 5.18. The van der Waals surface area contributed by atoms with Gasteiger partial charge in [0, 0.05) is 24.6 Å². The lowest BCUT2D eigenvalue weighted by Crippen LogP contribution is -2.62. The van der Waals surface area contributed by atoms with Gasteiger partial charge in [0.2, 0.25) is 0 Å². The number of piperidine rings is 1. The van der Waals surface area contributed by atoms with Crippen molar-refractivity contribution in [2.75, 3.05) is 23.3 Å². The molecule has 2 aromatic heterocycles. The summed E-state index contributed by atoms with van der Waals surface area (Å²) in [5, 5.41) is 23.9. The third-order valence-corrected chi connectivity index (χ3v) is 7.67. The second-order valence-corrected chi connectivity index (χ2v) is 10.2. The van der Waals surface area contributed by atoms with Crippen LogP contribution in [0.15, 0.2) is 36.5 Å².